The molecule has 0 amide bonds. The number of thiophene rings is 1. The second-order valence-electron chi connectivity index (χ2n) is 12.0. The number of nitrogens with zero attached hydrogens (tertiary/aromatic N) is 3. The SMILES string of the molecule is CC1(c2ccc(-c3ccccc3)cc2)CC(c2ccccc2)=NC(n2c3ccccc3c3c4sc5ccccc5c4ccc32)=N1. The van der Waals surface area contributed by atoms with Gasteiger partial charge in [-0.2, -0.15) is 0 Å². The highest BCUT2D eigenvalue weighted by molar-refractivity contribution is 7.26. The van der Waals surface area contributed by atoms with Gasteiger partial charge < -0.3 is 0 Å². The molecule has 0 fully saturated rings. The molecule has 1 aliphatic rings. The monoisotopic (exact) mass is 595 g/mol. The maximum absolute atomic E-state index is 5.52. The molecular weight excluding hydrogens is 567 g/mol. The number of fused-ring (bicyclic) bond motifs is 7. The molecule has 0 radical (unpaired) electrons. The summed E-state index contributed by atoms with van der Waals surface area (Å²) in [4.78, 5) is 10.9. The predicted octanol–water partition coefficient (Wildman–Crippen LogP) is 10.8. The highest BCUT2D eigenvalue weighted by Gasteiger charge is 2.34. The summed E-state index contributed by atoms with van der Waals surface area (Å²) in [6.45, 7) is 2.25. The summed E-state index contributed by atoms with van der Waals surface area (Å²) < 4.78 is 4.90. The van der Waals surface area contributed by atoms with E-state index in [-0.39, 0.29) is 0 Å². The lowest BCUT2D eigenvalue weighted by Crippen LogP contribution is -2.32. The number of aromatic nitrogens is 1. The van der Waals surface area contributed by atoms with Crippen molar-refractivity contribution in [2.24, 2.45) is 9.98 Å². The Kier molecular flexibility index (Phi) is 5.87. The summed E-state index contributed by atoms with van der Waals surface area (Å²) in [6, 6.07) is 52.0. The number of hydrogen-bond donors (Lipinski definition) is 0. The van der Waals surface area contributed by atoms with Gasteiger partial charge >= 0.3 is 0 Å². The minimum atomic E-state index is -0.503. The minimum Gasteiger partial charge on any atom is -0.278 e. The smallest absolute Gasteiger partial charge is 0.231 e. The van der Waals surface area contributed by atoms with Crippen molar-refractivity contribution in [1.82, 2.24) is 4.57 Å². The van der Waals surface area contributed by atoms with Crippen LogP contribution >= 0.6 is 11.3 Å². The average molecular weight is 596 g/mol. The molecule has 1 atom stereocenters. The van der Waals surface area contributed by atoms with Gasteiger partial charge in [0.25, 0.3) is 0 Å². The van der Waals surface area contributed by atoms with Crippen LogP contribution in [-0.2, 0) is 5.54 Å². The highest BCUT2D eigenvalue weighted by atomic mass is 32.1. The number of rotatable bonds is 3. The summed E-state index contributed by atoms with van der Waals surface area (Å²) >= 11 is 1.87. The van der Waals surface area contributed by atoms with Gasteiger partial charge in [0, 0.05) is 37.4 Å². The van der Waals surface area contributed by atoms with E-state index in [0.717, 1.165) is 28.3 Å². The molecule has 1 unspecified atom stereocenters. The molecule has 3 nitrogen and oxygen atoms in total. The van der Waals surface area contributed by atoms with Crippen molar-refractivity contribution in [3.05, 3.63) is 157 Å². The highest BCUT2D eigenvalue weighted by Crippen LogP contribution is 2.43. The molecule has 1 aliphatic heterocycles. The fraction of sp³-hybridized carbons (Fsp3) is 0.0732. The lowest BCUT2D eigenvalue weighted by Gasteiger charge is -2.31. The van der Waals surface area contributed by atoms with Gasteiger partial charge in [0.05, 0.1) is 22.3 Å². The Balaban J connectivity index is 1.29. The van der Waals surface area contributed by atoms with Gasteiger partial charge in [-0.3, -0.25) is 4.57 Å². The molecule has 0 saturated carbocycles. The normalized spacial score (nSPS) is 16.8. The molecule has 45 heavy (non-hydrogen) atoms. The van der Waals surface area contributed by atoms with E-state index in [2.05, 4.69) is 157 Å². The molecule has 2 aromatic heterocycles. The average Bonchev–Trinajstić information content (AvgIpc) is 3.65. The summed E-state index contributed by atoms with van der Waals surface area (Å²) in [5, 5.41) is 5.10. The van der Waals surface area contributed by atoms with Crippen molar-refractivity contribution >= 4 is 65.0 Å². The Morgan fingerprint density at radius 3 is 2.00 bits per heavy atom. The summed E-state index contributed by atoms with van der Waals surface area (Å²) in [6.07, 6.45) is 0.711. The van der Waals surface area contributed by atoms with E-state index < -0.39 is 5.54 Å². The zero-order chi connectivity index (χ0) is 30.0. The standard InChI is InChI=1S/C41H29N3S/c1-41(30-22-20-28(21-23-30)27-12-4-2-5-13-27)26-34(29-14-6-3-7-15-29)42-40(43-41)44-35-18-10-8-17-33(35)38-36(44)25-24-32-31-16-9-11-19-37(31)45-39(32)38/h2-25H,26H2,1H3. The Morgan fingerprint density at radius 1 is 0.578 bits per heavy atom. The summed E-state index contributed by atoms with van der Waals surface area (Å²) in [5.41, 5.74) is 7.52. The second-order valence-corrected chi connectivity index (χ2v) is 13.1. The molecule has 4 heteroatoms. The van der Waals surface area contributed by atoms with E-state index in [1.807, 2.05) is 11.3 Å². The van der Waals surface area contributed by atoms with Gasteiger partial charge in [0.2, 0.25) is 5.96 Å². The first-order valence-electron chi connectivity index (χ1n) is 15.4. The fourth-order valence-corrected chi connectivity index (χ4v) is 8.20. The van der Waals surface area contributed by atoms with Crippen LogP contribution in [0.1, 0.15) is 24.5 Å². The third kappa shape index (κ3) is 4.17. The molecule has 0 spiro atoms. The van der Waals surface area contributed by atoms with Crippen LogP contribution in [-0.4, -0.2) is 16.2 Å². The van der Waals surface area contributed by atoms with Crippen LogP contribution < -0.4 is 0 Å². The lowest BCUT2D eigenvalue weighted by molar-refractivity contribution is 0.512. The van der Waals surface area contributed by atoms with Gasteiger partial charge in [-0.15, -0.1) is 11.3 Å². The van der Waals surface area contributed by atoms with Crippen LogP contribution in [0.15, 0.2) is 156 Å². The lowest BCUT2D eigenvalue weighted by atomic mass is 9.84. The van der Waals surface area contributed by atoms with Crippen molar-refractivity contribution in [2.75, 3.05) is 0 Å². The fourth-order valence-electron chi connectivity index (χ4n) is 6.94. The van der Waals surface area contributed by atoms with Crippen molar-refractivity contribution in [3.63, 3.8) is 0 Å². The van der Waals surface area contributed by atoms with Gasteiger partial charge in [0.15, 0.2) is 0 Å². The molecular formula is C41H29N3S. The molecule has 6 aromatic carbocycles. The van der Waals surface area contributed by atoms with Crippen LogP contribution in [0, 0.1) is 0 Å². The Labute approximate surface area is 265 Å². The van der Waals surface area contributed by atoms with E-state index in [1.165, 1.54) is 47.6 Å². The molecule has 0 saturated heterocycles. The van der Waals surface area contributed by atoms with Crippen molar-refractivity contribution < 1.29 is 0 Å². The van der Waals surface area contributed by atoms with Crippen molar-refractivity contribution in [2.45, 2.75) is 18.9 Å². The Bertz CT molecular complexity index is 2450. The molecule has 0 bridgehead atoms. The number of hydrogen-bond acceptors (Lipinski definition) is 3. The topological polar surface area (TPSA) is 29.6 Å². The molecule has 8 aromatic rings. The first-order chi connectivity index (χ1) is 22.2. The molecule has 3 heterocycles. The van der Waals surface area contributed by atoms with E-state index in [0.29, 0.717) is 6.42 Å². The van der Waals surface area contributed by atoms with Crippen molar-refractivity contribution in [1.29, 1.82) is 0 Å². The van der Waals surface area contributed by atoms with E-state index >= 15 is 0 Å². The second kappa shape index (κ2) is 10.1. The van der Waals surface area contributed by atoms with Crippen LogP contribution in [0.3, 0.4) is 0 Å². The van der Waals surface area contributed by atoms with Gasteiger partial charge in [0.1, 0.15) is 0 Å². The molecule has 9 rings (SSSR count). The van der Waals surface area contributed by atoms with Crippen LogP contribution in [0.25, 0.3) is 53.1 Å². The zero-order valence-electron chi connectivity index (χ0n) is 24.8. The maximum Gasteiger partial charge on any atom is 0.231 e. The number of para-hydroxylation sites is 1. The maximum atomic E-state index is 5.52. The first-order valence-corrected chi connectivity index (χ1v) is 16.2. The van der Waals surface area contributed by atoms with Crippen LogP contribution in [0.4, 0.5) is 0 Å². The minimum absolute atomic E-state index is 0.503. The molecule has 0 N–H and O–H groups in total. The van der Waals surface area contributed by atoms with E-state index in [4.69, 9.17) is 9.98 Å². The van der Waals surface area contributed by atoms with E-state index in [1.54, 1.807) is 0 Å². The molecule has 0 aliphatic carbocycles. The van der Waals surface area contributed by atoms with Crippen LogP contribution in [0.5, 0.6) is 0 Å². The zero-order valence-corrected chi connectivity index (χ0v) is 25.6. The Morgan fingerprint density at radius 2 is 1.22 bits per heavy atom. The quantitative estimate of drug-likeness (QED) is 0.194. The first kappa shape index (κ1) is 26.1. The van der Waals surface area contributed by atoms with Crippen LogP contribution in [0.2, 0.25) is 0 Å². The molecule has 214 valence electrons. The summed E-state index contributed by atoms with van der Waals surface area (Å²) in [7, 11) is 0. The number of aliphatic imine (C=N–C) groups is 2. The van der Waals surface area contributed by atoms with E-state index in [9.17, 15) is 0 Å². The van der Waals surface area contributed by atoms with Gasteiger partial charge in [-0.05, 0) is 47.4 Å². The van der Waals surface area contributed by atoms with Gasteiger partial charge in [-0.1, -0.05) is 127 Å². The Hall–Kier alpha value is -5.32. The number of benzene rings is 6. The van der Waals surface area contributed by atoms with Gasteiger partial charge in [-0.25, -0.2) is 9.98 Å². The summed E-state index contributed by atoms with van der Waals surface area (Å²) in [5.74, 6) is 0.724. The third-order valence-electron chi connectivity index (χ3n) is 9.19. The van der Waals surface area contributed by atoms with Crippen molar-refractivity contribution in [3.8, 4) is 11.1 Å². The largest absolute Gasteiger partial charge is 0.278 e. The third-order valence-corrected chi connectivity index (χ3v) is 10.4. The predicted molar refractivity (Wildman–Crippen MR) is 192 cm³/mol.